The first-order valence-corrected chi connectivity index (χ1v) is 6.80. The molecule has 0 unspecified atom stereocenters. The van der Waals surface area contributed by atoms with E-state index < -0.39 is 17.5 Å². The monoisotopic (exact) mass is 297 g/mol. The smallest absolute Gasteiger partial charge is 0.330 e. The highest BCUT2D eigenvalue weighted by Crippen LogP contribution is 2.36. The van der Waals surface area contributed by atoms with Gasteiger partial charge in [0, 0.05) is 24.2 Å². The van der Waals surface area contributed by atoms with Crippen LogP contribution in [0.1, 0.15) is 18.7 Å². The van der Waals surface area contributed by atoms with Crippen LogP contribution in [0.4, 0.5) is 0 Å². The lowest BCUT2D eigenvalue weighted by molar-refractivity contribution is -0.0314. The number of thiocarbonyl (C=S) groups is 1. The molecule has 0 aliphatic carbocycles. The van der Waals surface area contributed by atoms with Gasteiger partial charge in [0.05, 0.1) is 6.10 Å². The van der Waals surface area contributed by atoms with Crippen molar-refractivity contribution >= 4 is 17.4 Å². The maximum Gasteiger partial charge on any atom is 0.330 e. The summed E-state index contributed by atoms with van der Waals surface area (Å²) >= 11 is 5.02. The fourth-order valence-electron chi connectivity index (χ4n) is 2.67. The van der Waals surface area contributed by atoms with Crippen LogP contribution in [0.15, 0.2) is 15.8 Å². The van der Waals surface area contributed by atoms with Crippen LogP contribution in [0.2, 0.25) is 0 Å². The third kappa shape index (κ3) is 2.04. The van der Waals surface area contributed by atoms with Gasteiger partial charge in [0.1, 0.15) is 0 Å². The predicted octanol–water partition coefficient (Wildman–Crippen LogP) is -0.348. The number of aromatic amines is 1. The van der Waals surface area contributed by atoms with Crippen LogP contribution < -0.4 is 16.6 Å². The number of hydrogen-bond donors (Lipinski definition) is 2. The molecule has 2 aliphatic heterocycles. The summed E-state index contributed by atoms with van der Waals surface area (Å²) in [5.74, 6) is 0.103. The highest BCUT2D eigenvalue weighted by atomic mass is 32.1. The van der Waals surface area contributed by atoms with Crippen molar-refractivity contribution < 1.29 is 9.47 Å². The lowest BCUT2D eigenvalue weighted by Gasteiger charge is -2.30. The van der Waals surface area contributed by atoms with E-state index >= 15 is 0 Å². The van der Waals surface area contributed by atoms with Gasteiger partial charge in [0.15, 0.2) is 12.3 Å². The zero-order chi connectivity index (χ0) is 14.4. The maximum atomic E-state index is 12.0. The molecular weight excluding hydrogens is 282 g/mol. The third-order valence-corrected chi connectivity index (χ3v) is 4.05. The highest BCUT2D eigenvalue weighted by molar-refractivity contribution is 7.80. The molecule has 0 amide bonds. The summed E-state index contributed by atoms with van der Waals surface area (Å²) in [5.41, 5.74) is -0.456. The summed E-state index contributed by atoms with van der Waals surface area (Å²) in [7, 11) is 0. The van der Waals surface area contributed by atoms with Crippen molar-refractivity contribution in [3.63, 3.8) is 0 Å². The minimum atomic E-state index is -0.585. The zero-order valence-electron chi connectivity index (χ0n) is 11.1. The summed E-state index contributed by atoms with van der Waals surface area (Å²) in [6, 6.07) is 0. The second-order valence-electron chi connectivity index (χ2n) is 5.13. The number of rotatable bonds is 1. The topological polar surface area (TPSA) is 85.3 Å². The van der Waals surface area contributed by atoms with Crippen molar-refractivity contribution in [2.45, 2.75) is 32.3 Å². The normalized spacial score (nSPS) is 32.4. The van der Waals surface area contributed by atoms with E-state index in [1.54, 1.807) is 6.92 Å². The predicted molar refractivity (Wildman–Crippen MR) is 74.6 cm³/mol. The molecule has 0 aromatic carbocycles. The van der Waals surface area contributed by atoms with E-state index in [9.17, 15) is 9.59 Å². The van der Waals surface area contributed by atoms with Gasteiger partial charge >= 0.3 is 5.69 Å². The van der Waals surface area contributed by atoms with Crippen LogP contribution in [-0.2, 0) is 9.47 Å². The van der Waals surface area contributed by atoms with Crippen LogP contribution in [0.3, 0.4) is 0 Å². The van der Waals surface area contributed by atoms with Gasteiger partial charge in [-0.1, -0.05) is 0 Å². The number of ether oxygens (including phenoxy) is 2. The van der Waals surface area contributed by atoms with Crippen LogP contribution in [0.5, 0.6) is 0 Å². The Morgan fingerprint density at radius 1 is 1.45 bits per heavy atom. The Kier molecular flexibility index (Phi) is 3.14. The summed E-state index contributed by atoms with van der Waals surface area (Å²) in [6.07, 6.45) is 0.509. The summed E-state index contributed by atoms with van der Waals surface area (Å²) in [5, 5.41) is 3.28. The maximum absolute atomic E-state index is 12.0. The molecular formula is C12H15N3O4S. The van der Waals surface area contributed by atoms with Crippen molar-refractivity contribution in [3.05, 3.63) is 32.6 Å². The number of H-pyrrole nitrogens is 1. The number of nitrogens with zero attached hydrogens (tertiary/aromatic N) is 1. The first-order valence-electron chi connectivity index (χ1n) is 6.39. The van der Waals surface area contributed by atoms with Gasteiger partial charge in [-0.05, 0) is 26.1 Å². The minimum absolute atomic E-state index is 0.0697. The molecule has 0 bridgehead atoms. The molecule has 0 radical (unpaired) electrons. The Bertz CT molecular complexity index is 667. The van der Waals surface area contributed by atoms with Gasteiger partial charge in [-0.3, -0.25) is 14.3 Å². The number of hydrogen-bond acceptors (Lipinski definition) is 5. The van der Waals surface area contributed by atoms with E-state index in [-0.39, 0.29) is 18.1 Å². The zero-order valence-corrected chi connectivity index (χ0v) is 11.9. The van der Waals surface area contributed by atoms with Crippen molar-refractivity contribution in [2.75, 3.05) is 6.54 Å². The van der Waals surface area contributed by atoms with Gasteiger partial charge in [-0.25, -0.2) is 4.79 Å². The van der Waals surface area contributed by atoms with Crippen molar-refractivity contribution in [2.24, 2.45) is 5.92 Å². The molecule has 20 heavy (non-hydrogen) atoms. The Balaban J connectivity index is 2.02. The standard InChI is InChI=1S/C12H15N3O4S/c1-5-4-15(11(17)14-9(5)16)10-8-7(6(2)18-10)3-13-12(20)19-8/h4,6-8,10H,3H2,1-2H3,(H,13,20)(H,14,16,17)/t6-,7-,8-,10-/m1/s1. The molecule has 8 heteroatoms. The molecule has 0 spiro atoms. The molecule has 3 heterocycles. The van der Waals surface area contributed by atoms with E-state index in [0.29, 0.717) is 17.3 Å². The molecule has 108 valence electrons. The highest BCUT2D eigenvalue weighted by Gasteiger charge is 2.47. The van der Waals surface area contributed by atoms with Crippen molar-refractivity contribution in [1.29, 1.82) is 0 Å². The summed E-state index contributed by atoms with van der Waals surface area (Å²) < 4.78 is 12.8. The quantitative estimate of drug-likeness (QED) is 0.689. The fourth-order valence-corrected chi connectivity index (χ4v) is 2.86. The Morgan fingerprint density at radius 2 is 2.20 bits per heavy atom. The third-order valence-electron chi connectivity index (χ3n) is 3.81. The fraction of sp³-hybridized carbons (Fsp3) is 0.583. The molecule has 2 saturated heterocycles. The van der Waals surface area contributed by atoms with E-state index in [1.165, 1.54) is 10.8 Å². The van der Waals surface area contributed by atoms with Gasteiger partial charge in [0.2, 0.25) is 0 Å². The molecule has 2 aliphatic rings. The van der Waals surface area contributed by atoms with Crippen molar-refractivity contribution in [3.8, 4) is 0 Å². The largest absolute Gasteiger partial charge is 0.462 e. The van der Waals surface area contributed by atoms with Gasteiger partial charge in [-0.15, -0.1) is 0 Å². The molecule has 3 rings (SSSR count). The van der Waals surface area contributed by atoms with Crippen LogP contribution in [0, 0.1) is 12.8 Å². The van der Waals surface area contributed by atoms with Crippen molar-refractivity contribution in [1.82, 2.24) is 14.9 Å². The number of nitrogens with one attached hydrogen (secondary N) is 2. The molecule has 2 N–H and O–H groups in total. The molecule has 1 aromatic rings. The molecule has 1 aromatic heterocycles. The first kappa shape index (κ1) is 13.3. The lowest BCUT2D eigenvalue weighted by Crippen LogP contribution is -2.48. The number of fused-ring (bicyclic) bond motifs is 1. The number of aromatic nitrogens is 2. The summed E-state index contributed by atoms with van der Waals surface area (Å²) in [6.45, 7) is 4.22. The second kappa shape index (κ2) is 4.71. The first-order chi connectivity index (χ1) is 9.47. The molecule has 4 atom stereocenters. The van der Waals surface area contributed by atoms with Crippen LogP contribution >= 0.6 is 12.2 Å². The van der Waals surface area contributed by atoms with Crippen LogP contribution in [0.25, 0.3) is 0 Å². The van der Waals surface area contributed by atoms with E-state index in [2.05, 4.69) is 10.3 Å². The van der Waals surface area contributed by atoms with E-state index in [4.69, 9.17) is 21.7 Å². The molecule has 0 saturated carbocycles. The van der Waals surface area contributed by atoms with Gasteiger partial charge < -0.3 is 14.8 Å². The SMILES string of the molecule is Cc1cn([C@@H]2O[C@H](C)[C@H]3CNC(=S)O[C@H]32)c(=O)[nH]c1=O. The minimum Gasteiger partial charge on any atom is -0.462 e. The van der Waals surface area contributed by atoms with Crippen LogP contribution in [-0.4, -0.2) is 33.5 Å². The van der Waals surface area contributed by atoms with Gasteiger partial charge in [0.25, 0.3) is 10.7 Å². The summed E-state index contributed by atoms with van der Waals surface area (Å²) in [4.78, 5) is 25.7. The average Bonchev–Trinajstić information content (AvgIpc) is 2.70. The average molecular weight is 297 g/mol. The molecule has 2 fully saturated rings. The van der Waals surface area contributed by atoms with E-state index in [0.717, 1.165) is 0 Å². The lowest BCUT2D eigenvalue weighted by atomic mass is 9.98. The van der Waals surface area contributed by atoms with Gasteiger partial charge in [-0.2, -0.15) is 0 Å². The molecule has 7 nitrogen and oxygen atoms in total. The number of aryl methyl sites for hydroxylation is 1. The van der Waals surface area contributed by atoms with E-state index in [1.807, 2.05) is 6.92 Å². The Hall–Kier alpha value is -1.67. The second-order valence-corrected chi connectivity index (χ2v) is 5.50. The Morgan fingerprint density at radius 3 is 2.95 bits per heavy atom. The Labute approximate surface area is 119 Å².